The second-order valence-electron chi connectivity index (χ2n) is 5.13. The molecule has 6 nitrogen and oxygen atoms in total. The van der Waals surface area contributed by atoms with E-state index in [1.165, 1.54) is 6.08 Å². The van der Waals surface area contributed by atoms with Crippen LogP contribution in [-0.4, -0.2) is 46.5 Å². The molecule has 2 aliphatic heterocycles. The van der Waals surface area contributed by atoms with Crippen LogP contribution in [0.25, 0.3) is 6.08 Å². The van der Waals surface area contributed by atoms with Crippen LogP contribution in [0.5, 0.6) is 0 Å². The summed E-state index contributed by atoms with van der Waals surface area (Å²) in [6.07, 6.45) is 3.44. The molecule has 3 rings (SSSR count). The Morgan fingerprint density at radius 1 is 1.30 bits per heavy atom. The van der Waals surface area contributed by atoms with Crippen LogP contribution in [0, 0.1) is 0 Å². The molecular weight excluding hydrogens is 452 g/mol. The number of thioether (sulfide) groups is 1. The summed E-state index contributed by atoms with van der Waals surface area (Å²) in [5.74, 6) is -0.203. The molecule has 3 amide bonds. The Bertz CT molecular complexity index is 690. The second-order valence-corrected chi connectivity index (χ2v) is 7.69. The van der Waals surface area contributed by atoms with Crippen LogP contribution < -0.4 is 0 Å². The minimum absolute atomic E-state index is 0.186. The fourth-order valence-corrected chi connectivity index (χ4v) is 3.83. The number of carbonyl (C=O) groups excluding carboxylic acids is 3. The largest absolute Gasteiger partial charge is 0.449 e. The van der Waals surface area contributed by atoms with Gasteiger partial charge in [-0.1, -0.05) is 0 Å². The number of amides is 3. The Morgan fingerprint density at radius 2 is 2.00 bits per heavy atom. The second kappa shape index (κ2) is 6.82. The zero-order valence-electron chi connectivity index (χ0n) is 11.9. The lowest BCUT2D eigenvalue weighted by molar-refractivity contribution is -0.135. The summed E-state index contributed by atoms with van der Waals surface area (Å²) in [5.41, 5.74) is 0. The van der Waals surface area contributed by atoms with Gasteiger partial charge in [0.25, 0.3) is 11.1 Å². The quantitative estimate of drug-likeness (QED) is 0.642. The summed E-state index contributed by atoms with van der Waals surface area (Å²) < 4.78 is 6.60. The van der Waals surface area contributed by atoms with E-state index in [4.69, 9.17) is 4.42 Å². The molecule has 0 spiro atoms. The highest BCUT2D eigenvalue weighted by molar-refractivity contribution is 9.13. The van der Waals surface area contributed by atoms with Crippen LogP contribution in [0.3, 0.4) is 0 Å². The average molecular weight is 464 g/mol. The first-order valence-electron chi connectivity index (χ1n) is 6.93. The first-order valence-corrected chi connectivity index (χ1v) is 9.34. The van der Waals surface area contributed by atoms with Crippen molar-refractivity contribution < 1.29 is 18.8 Å². The normalized spacial score (nSPS) is 20.2. The molecule has 0 N–H and O–H groups in total. The van der Waals surface area contributed by atoms with E-state index in [2.05, 4.69) is 31.9 Å². The SMILES string of the molecule is O=C(CN1C(=O)S/C(=C/c2cc(Br)c(Br)o2)C1=O)N1CCCC1. The maximum atomic E-state index is 12.3. The van der Waals surface area contributed by atoms with Gasteiger partial charge in [-0.25, -0.2) is 0 Å². The Morgan fingerprint density at radius 3 is 2.61 bits per heavy atom. The van der Waals surface area contributed by atoms with E-state index < -0.39 is 11.1 Å². The molecule has 2 aliphatic rings. The molecule has 122 valence electrons. The summed E-state index contributed by atoms with van der Waals surface area (Å²) in [6, 6.07) is 1.69. The van der Waals surface area contributed by atoms with Crippen LogP contribution in [0.2, 0.25) is 0 Å². The van der Waals surface area contributed by atoms with Crippen molar-refractivity contribution in [3.63, 3.8) is 0 Å². The maximum Gasteiger partial charge on any atom is 0.294 e. The number of hydrogen-bond acceptors (Lipinski definition) is 5. The molecular formula is C14H12Br2N2O4S. The zero-order chi connectivity index (χ0) is 16.6. The number of halogens is 2. The predicted octanol–water partition coefficient (Wildman–Crippen LogP) is 3.46. The van der Waals surface area contributed by atoms with Gasteiger partial charge in [0.2, 0.25) is 5.91 Å². The molecule has 9 heteroatoms. The van der Waals surface area contributed by atoms with Crippen molar-refractivity contribution in [1.29, 1.82) is 0 Å². The van der Waals surface area contributed by atoms with Crippen molar-refractivity contribution in [3.8, 4) is 0 Å². The highest BCUT2D eigenvalue weighted by Crippen LogP contribution is 2.34. The molecule has 0 radical (unpaired) electrons. The zero-order valence-corrected chi connectivity index (χ0v) is 15.9. The molecule has 3 heterocycles. The molecule has 1 aromatic rings. The van der Waals surface area contributed by atoms with E-state index in [0.29, 0.717) is 28.0 Å². The molecule has 0 saturated carbocycles. The third kappa shape index (κ3) is 3.56. The predicted molar refractivity (Wildman–Crippen MR) is 92.6 cm³/mol. The fourth-order valence-electron chi connectivity index (χ4n) is 2.40. The molecule has 0 bridgehead atoms. The number of likely N-dealkylation sites (tertiary alicyclic amines) is 1. The summed E-state index contributed by atoms with van der Waals surface area (Å²) in [5, 5.41) is -0.432. The minimum atomic E-state index is -0.462. The Balaban J connectivity index is 1.73. The Labute approximate surface area is 153 Å². The fraction of sp³-hybridized carbons (Fsp3) is 0.357. The number of rotatable bonds is 3. The van der Waals surface area contributed by atoms with Crippen LogP contribution in [-0.2, 0) is 9.59 Å². The van der Waals surface area contributed by atoms with Crippen molar-refractivity contribution in [2.24, 2.45) is 0 Å². The Kier molecular flexibility index (Phi) is 4.98. The first kappa shape index (κ1) is 16.8. The molecule has 23 heavy (non-hydrogen) atoms. The van der Waals surface area contributed by atoms with Gasteiger partial charge in [-0.05, 0) is 62.5 Å². The van der Waals surface area contributed by atoms with Crippen molar-refractivity contribution >= 4 is 66.8 Å². The average Bonchev–Trinajstić information content (AvgIpc) is 3.18. The van der Waals surface area contributed by atoms with E-state index in [1.54, 1.807) is 11.0 Å². The van der Waals surface area contributed by atoms with Crippen LogP contribution in [0.4, 0.5) is 4.79 Å². The first-order chi connectivity index (χ1) is 11.0. The number of imide groups is 1. The smallest absolute Gasteiger partial charge is 0.294 e. The van der Waals surface area contributed by atoms with Gasteiger partial charge in [0.05, 0.1) is 9.38 Å². The standard InChI is InChI=1S/C14H12Br2N2O4S/c15-9-5-8(22-12(9)16)6-10-13(20)18(14(21)23-10)7-11(19)17-3-1-2-4-17/h5-6H,1-4,7H2/b10-6+. The van der Waals surface area contributed by atoms with E-state index in [-0.39, 0.29) is 17.4 Å². The number of furan rings is 1. The summed E-state index contributed by atoms with van der Waals surface area (Å²) in [6.45, 7) is 1.19. The highest BCUT2D eigenvalue weighted by Gasteiger charge is 2.37. The van der Waals surface area contributed by atoms with Gasteiger partial charge in [0.15, 0.2) is 4.67 Å². The van der Waals surface area contributed by atoms with Crippen molar-refractivity contribution in [1.82, 2.24) is 9.80 Å². The van der Waals surface area contributed by atoms with Crippen LogP contribution in [0.1, 0.15) is 18.6 Å². The number of hydrogen-bond donors (Lipinski definition) is 0. The summed E-state index contributed by atoms with van der Waals surface area (Å²) in [4.78, 5) is 39.4. The maximum absolute atomic E-state index is 12.3. The molecule has 2 saturated heterocycles. The van der Waals surface area contributed by atoms with E-state index in [1.807, 2.05) is 0 Å². The van der Waals surface area contributed by atoms with E-state index in [0.717, 1.165) is 29.5 Å². The van der Waals surface area contributed by atoms with Gasteiger partial charge in [-0.2, -0.15) is 0 Å². The monoisotopic (exact) mass is 462 g/mol. The van der Waals surface area contributed by atoms with E-state index >= 15 is 0 Å². The van der Waals surface area contributed by atoms with Gasteiger partial charge in [-0.15, -0.1) is 0 Å². The van der Waals surface area contributed by atoms with Crippen molar-refractivity contribution in [2.75, 3.05) is 19.6 Å². The number of nitrogens with zero attached hydrogens (tertiary/aromatic N) is 2. The summed E-state index contributed by atoms with van der Waals surface area (Å²) >= 11 is 7.31. The third-order valence-electron chi connectivity index (χ3n) is 3.56. The van der Waals surface area contributed by atoms with Crippen molar-refractivity contribution in [2.45, 2.75) is 12.8 Å². The van der Waals surface area contributed by atoms with Crippen LogP contribution >= 0.6 is 43.6 Å². The number of carbonyl (C=O) groups is 3. The lowest BCUT2D eigenvalue weighted by Gasteiger charge is -2.18. The van der Waals surface area contributed by atoms with E-state index in [9.17, 15) is 14.4 Å². The lowest BCUT2D eigenvalue weighted by Crippen LogP contribution is -2.40. The van der Waals surface area contributed by atoms with Gasteiger partial charge in [-0.3, -0.25) is 19.3 Å². The van der Waals surface area contributed by atoms with Gasteiger partial charge in [0.1, 0.15) is 12.3 Å². The molecule has 1 aromatic heterocycles. The molecule has 2 fully saturated rings. The topological polar surface area (TPSA) is 70.8 Å². The molecule has 0 atom stereocenters. The molecule has 0 aromatic carbocycles. The third-order valence-corrected chi connectivity index (χ3v) is 6.18. The lowest BCUT2D eigenvalue weighted by atomic mass is 10.3. The minimum Gasteiger partial charge on any atom is -0.449 e. The van der Waals surface area contributed by atoms with Gasteiger partial charge in [0, 0.05) is 19.2 Å². The summed E-state index contributed by atoms with van der Waals surface area (Å²) in [7, 11) is 0. The Hall–Kier alpha value is -1.06. The van der Waals surface area contributed by atoms with Crippen LogP contribution in [0.15, 0.2) is 24.5 Å². The van der Waals surface area contributed by atoms with Crippen molar-refractivity contribution in [3.05, 3.63) is 25.9 Å². The van der Waals surface area contributed by atoms with Gasteiger partial charge >= 0.3 is 0 Å². The molecule has 0 aliphatic carbocycles. The molecule has 0 unspecified atom stereocenters. The highest BCUT2D eigenvalue weighted by atomic mass is 79.9. The van der Waals surface area contributed by atoms with Gasteiger partial charge < -0.3 is 9.32 Å².